The van der Waals surface area contributed by atoms with E-state index in [-0.39, 0.29) is 23.7 Å². The molecule has 2 nitrogen and oxygen atoms in total. The van der Waals surface area contributed by atoms with Crippen molar-refractivity contribution in [2.45, 2.75) is 46.5 Å². The van der Waals surface area contributed by atoms with E-state index >= 15 is 0 Å². The molecule has 1 aliphatic heterocycles. The van der Waals surface area contributed by atoms with Crippen molar-refractivity contribution in [1.82, 2.24) is 0 Å². The first-order valence-corrected chi connectivity index (χ1v) is 5.11. The van der Waals surface area contributed by atoms with Gasteiger partial charge in [0.1, 0.15) is 0 Å². The average Bonchev–Trinajstić information content (AvgIpc) is 2.17. The van der Waals surface area contributed by atoms with Crippen molar-refractivity contribution in [3.63, 3.8) is 0 Å². The molecule has 3 heteroatoms. The number of hydrogen-bond donors (Lipinski definition) is 0. The Bertz CT molecular complexity index is 250. The third-order valence-corrected chi connectivity index (χ3v) is 3.33. The van der Waals surface area contributed by atoms with Crippen LogP contribution >= 0.6 is 0 Å². The monoisotopic (exact) mass is 194 g/mol. The fourth-order valence-corrected chi connectivity index (χ4v) is 1.68. The van der Waals surface area contributed by atoms with Crippen molar-refractivity contribution in [3.8, 4) is 0 Å². The zero-order valence-corrected chi connectivity index (χ0v) is 9.76. The summed E-state index contributed by atoms with van der Waals surface area (Å²) >= 11 is 0. The second-order valence-corrected chi connectivity index (χ2v) is 5.22. The van der Waals surface area contributed by atoms with E-state index in [0.717, 1.165) is 6.32 Å². The highest BCUT2D eigenvalue weighted by Gasteiger charge is 2.48. The zero-order chi connectivity index (χ0) is 11.0. The van der Waals surface area contributed by atoms with E-state index in [1.165, 1.54) is 0 Å². The first kappa shape index (κ1) is 11.5. The van der Waals surface area contributed by atoms with Crippen LogP contribution in [0.3, 0.4) is 0 Å². The molecule has 1 saturated heterocycles. The van der Waals surface area contributed by atoms with Gasteiger partial charge in [0, 0.05) is 0 Å². The van der Waals surface area contributed by atoms with Gasteiger partial charge in [0.25, 0.3) is 0 Å². The van der Waals surface area contributed by atoms with Gasteiger partial charge in [-0.3, -0.25) is 4.79 Å². The van der Waals surface area contributed by atoms with Gasteiger partial charge in [0.2, 0.25) is 0 Å². The Balaban J connectivity index is 2.69. The molecule has 0 unspecified atom stereocenters. The summed E-state index contributed by atoms with van der Waals surface area (Å²) in [6.45, 7) is 10.3. The van der Waals surface area contributed by atoms with E-state index in [4.69, 9.17) is 4.65 Å². The lowest BCUT2D eigenvalue weighted by Crippen LogP contribution is -2.34. The highest BCUT2D eigenvalue weighted by atomic mass is 16.5. The lowest BCUT2D eigenvalue weighted by Gasteiger charge is -2.34. The SMILES string of the molecule is CC(=O)/C=C/B1CC(C)(C)C(C)(C)O1. The van der Waals surface area contributed by atoms with Gasteiger partial charge in [-0.25, -0.2) is 0 Å². The molecule has 78 valence electrons. The molecule has 1 rings (SSSR count). The van der Waals surface area contributed by atoms with Gasteiger partial charge in [-0.2, -0.15) is 0 Å². The van der Waals surface area contributed by atoms with Gasteiger partial charge in [-0.1, -0.05) is 19.8 Å². The van der Waals surface area contributed by atoms with Gasteiger partial charge < -0.3 is 4.65 Å². The summed E-state index contributed by atoms with van der Waals surface area (Å²) in [6, 6.07) is 0. The maximum Gasteiger partial charge on any atom is 0.320 e. The van der Waals surface area contributed by atoms with Crippen molar-refractivity contribution < 1.29 is 9.45 Å². The predicted molar refractivity (Wildman–Crippen MR) is 59.3 cm³/mol. The molecule has 1 fully saturated rings. The molecule has 1 aliphatic rings. The number of hydrogen-bond acceptors (Lipinski definition) is 2. The molecule has 0 N–H and O–H groups in total. The van der Waals surface area contributed by atoms with Gasteiger partial charge in [0.05, 0.1) is 5.60 Å². The fraction of sp³-hybridized carbons (Fsp3) is 0.727. The molecule has 0 bridgehead atoms. The van der Waals surface area contributed by atoms with E-state index in [0.29, 0.717) is 0 Å². The van der Waals surface area contributed by atoms with Gasteiger partial charge >= 0.3 is 6.92 Å². The Kier molecular flexibility index (Phi) is 2.91. The number of ketones is 1. The molecule has 0 saturated carbocycles. The van der Waals surface area contributed by atoms with Gasteiger partial charge in [-0.15, -0.1) is 0 Å². The van der Waals surface area contributed by atoms with E-state index in [2.05, 4.69) is 27.7 Å². The second-order valence-electron chi connectivity index (χ2n) is 5.22. The first-order chi connectivity index (χ1) is 6.24. The maximum atomic E-state index is 10.8. The summed E-state index contributed by atoms with van der Waals surface area (Å²) in [5.74, 6) is 1.95. The molecule has 0 aromatic heterocycles. The second kappa shape index (κ2) is 3.54. The van der Waals surface area contributed by atoms with Crippen LogP contribution in [0.15, 0.2) is 12.1 Å². The lowest BCUT2D eigenvalue weighted by atomic mass is 9.58. The maximum absolute atomic E-state index is 10.8. The topological polar surface area (TPSA) is 26.3 Å². The molecule has 0 atom stereocenters. The van der Waals surface area contributed by atoms with Crippen molar-refractivity contribution >= 4 is 12.7 Å². The molecular formula is C11H19BO2. The molecule has 0 aliphatic carbocycles. The van der Waals surface area contributed by atoms with Gasteiger partial charge in [-0.05, 0) is 38.6 Å². The normalized spacial score (nSPS) is 24.5. The van der Waals surface area contributed by atoms with Crippen LogP contribution in [0.5, 0.6) is 0 Å². The van der Waals surface area contributed by atoms with E-state index in [1.54, 1.807) is 13.0 Å². The lowest BCUT2D eigenvalue weighted by molar-refractivity contribution is -0.112. The number of allylic oxidation sites excluding steroid dienone is 1. The van der Waals surface area contributed by atoms with Crippen LogP contribution in [-0.4, -0.2) is 18.3 Å². The summed E-state index contributed by atoms with van der Waals surface area (Å²) in [5, 5.41) is 0. The fourth-order valence-electron chi connectivity index (χ4n) is 1.68. The standard InChI is InChI=1S/C11H19BO2/c1-9(13)6-7-12-8-10(2,3)11(4,5)14-12/h6-7H,8H2,1-5H3/b7-6+. The predicted octanol–water partition coefficient (Wildman–Crippen LogP) is 2.50. The number of carbonyl (C=O) groups excluding carboxylic acids is 1. The molecular weight excluding hydrogens is 175 g/mol. The van der Waals surface area contributed by atoms with Crippen LogP contribution in [0.2, 0.25) is 6.32 Å². The van der Waals surface area contributed by atoms with E-state index in [9.17, 15) is 4.79 Å². The quantitative estimate of drug-likeness (QED) is 0.498. The molecule has 0 amide bonds. The molecule has 0 aromatic carbocycles. The van der Waals surface area contributed by atoms with Crippen LogP contribution in [-0.2, 0) is 9.45 Å². The van der Waals surface area contributed by atoms with E-state index in [1.807, 2.05) is 5.98 Å². The Labute approximate surface area is 86.8 Å². The summed E-state index contributed by atoms with van der Waals surface area (Å²) in [4.78, 5) is 10.8. The smallest absolute Gasteiger partial charge is 0.320 e. The minimum atomic E-state index is -0.112. The van der Waals surface area contributed by atoms with Crippen molar-refractivity contribution in [1.29, 1.82) is 0 Å². The first-order valence-electron chi connectivity index (χ1n) is 5.11. The van der Waals surface area contributed by atoms with Crippen LogP contribution in [0.25, 0.3) is 0 Å². The van der Waals surface area contributed by atoms with Crippen molar-refractivity contribution in [2.75, 3.05) is 0 Å². The summed E-state index contributed by atoms with van der Waals surface area (Å²) in [7, 11) is 0. The zero-order valence-electron chi connectivity index (χ0n) is 9.76. The highest BCUT2D eigenvalue weighted by Crippen LogP contribution is 2.45. The third kappa shape index (κ3) is 2.27. The van der Waals surface area contributed by atoms with Crippen LogP contribution < -0.4 is 0 Å². The van der Waals surface area contributed by atoms with Crippen molar-refractivity contribution in [2.24, 2.45) is 5.41 Å². The van der Waals surface area contributed by atoms with Crippen LogP contribution in [0, 0.1) is 5.41 Å². The van der Waals surface area contributed by atoms with Crippen molar-refractivity contribution in [3.05, 3.63) is 12.1 Å². The van der Waals surface area contributed by atoms with E-state index < -0.39 is 0 Å². The average molecular weight is 194 g/mol. The molecule has 14 heavy (non-hydrogen) atoms. The Morgan fingerprint density at radius 2 is 1.93 bits per heavy atom. The Morgan fingerprint density at radius 3 is 2.29 bits per heavy atom. The summed E-state index contributed by atoms with van der Waals surface area (Å²) in [6.07, 6.45) is 2.58. The molecule has 0 spiro atoms. The number of carbonyl (C=O) groups is 1. The molecule has 0 radical (unpaired) electrons. The Hall–Kier alpha value is -0.565. The molecule has 0 aromatic rings. The Morgan fingerprint density at radius 1 is 1.36 bits per heavy atom. The number of rotatable bonds is 2. The largest absolute Gasteiger partial charge is 0.426 e. The highest BCUT2D eigenvalue weighted by molar-refractivity contribution is 6.59. The summed E-state index contributed by atoms with van der Waals surface area (Å²) < 4.78 is 5.88. The third-order valence-electron chi connectivity index (χ3n) is 3.33. The summed E-state index contributed by atoms with van der Waals surface area (Å²) in [5.41, 5.74) is 0.0532. The molecule has 1 heterocycles. The van der Waals surface area contributed by atoms with Gasteiger partial charge in [0.15, 0.2) is 5.78 Å². The van der Waals surface area contributed by atoms with Crippen LogP contribution in [0.4, 0.5) is 0 Å². The minimum Gasteiger partial charge on any atom is -0.426 e. The minimum absolute atomic E-state index is 0.0797. The van der Waals surface area contributed by atoms with Crippen LogP contribution in [0.1, 0.15) is 34.6 Å².